The quantitative estimate of drug-likeness (QED) is 0.910. The molecule has 1 saturated heterocycles. The van der Waals surface area contributed by atoms with E-state index in [1.54, 1.807) is 7.11 Å². The van der Waals surface area contributed by atoms with Gasteiger partial charge in [-0.15, -0.1) is 0 Å². The van der Waals surface area contributed by atoms with Crippen LogP contribution in [0.5, 0.6) is 5.75 Å². The van der Waals surface area contributed by atoms with E-state index >= 15 is 0 Å². The molecule has 1 aliphatic carbocycles. The van der Waals surface area contributed by atoms with Gasteiger partial charge in [0.15, 0.2) is 0 Å². The van der Waals surface area contributed by atoms with Crippen molar-refractivity contribution in [2.45, 2.75) is 37.7 Å². The third-order valence-electron chi connectivity index (χ3n) is 5.05. The highest BCUT2D eigenvalue weighted by Gasteiger charge is 2.43. The van der Waals surface area contributed by atoms with Gasteiger partial charge < -0.3 is 14.7 Å². The number of hydrogen-bond acceptors (Lipinski definition) is 3. The number of hydrogen-bond donors (Lipinski definition) is 1. The number of aliphatic hydroxyl groups is 1. The lowest BCUT2D eigenvalue weighted by Crippen LogP contribution is -2.54. The Balaban J connectivity index is 1.77. The Morgan fingerprint density at radius 3 is 2.95 bits per heavy atom. The van der Waals surface area contributed by atoms with Crippen LogP contribution >= 0.6 is 0 Å². The fourth-order valence-electron chi connectivity index (χ4n) is 3.75. The minimum atomic E-state index is -0.546. The van der Waals surface area contributed by atoms with E-state index in [0.717, 1.165) is 25.7 Å². The summed E-state index contributed by atoms with van der Waals surface area (Å²) in [6, 6.07) is 7.35. The number of ether oxygens (including phenoxy) is 1. The zero-order valence-electron chi connectivity index (χ0n) is 12.5. The van der Waals surface area contributed by atoms with Gasteiger partial charge in [0, 0.05) is 19.0 Å². The first kappa shape index (κ1) is 14.4. The maximum atomic E-state index is 12.7. The zero-order valence-corrected chi connectivity index (χ0v) is 12.5. The number of methoxy groups -OCH3 is 1. The van der Waals surface area contributed by atoms with Gasteiger partial charge in [0.05, 0.1) is 18.3 Å². The minimum absolute atomic E-state index is 0.0140. The molecule has 2 fully saturated rings. The Bertz CT molecular complexity index is 531. The topological polar surface area (TPSA) is 49.8 Å². The summed E-state index contributed by atoms with van der Waals surface area (Å²) in [6.07, 6.45) is 4.86. The van der Waals surface area contributed by atoms with Gasteiger partial charge in [0.2, 0.25) is 0 Å². The second-order valence-electron chi connectivity index (χ2n) is 6.25. The summed E-state index contributed by atoms with van der Waals surface area (Å²) in [5, 5.41) is 10.7. The molecular weight excluding hydrogens is 266 g/mol. The molecule has 1 N–H and O–H groups in total. The summed E-state index contributed by atoms with van der Waals surface area (Å²) >= 11 is 0. The van der Waals surface area contributed by atoms with Crippen LogP contribution in [0.4, 0.5) is 0 Å². The van der Waals surface area contributed by atoms with E-state index in [1.165, 1.54) is 0 Å². The number of rotatable bonds is 2. The van der Waals surface area contributed by atoms with Gasteiger partial charge in [-0.2, -0.15) is 0 Å². The van der Waals surface area contributed by atoms with Crippen LogP contribution in [-0.2, 0) is 0 Å². The molecule has 4 heteroatoms. The van der Waals surface area contributed by atoms with E-state index in [9.17, 15) is 9.90 Å². The summed E-state index contributed by atoms with van der Waals surface area (Å²) < 4.78 is 5.29. The standard InChI is InChI=1S/C17H23NO3/c1-21-15-8-3-2-7-14(15)16(19)18-11-10-17(20)9-5-4-6-13(17)12-18/h2-3,7-8,13,20H,4-6,9-12H2,1H3/t13-,17-/m0/s1. The Hall–Kier alpha value is -1.55. The number of para-hydroxylation sites is 1. The van der Waals surface area contributed by atoms with Gasteiger partial charge in [-0.1, -0.05) is 25.0 Å². The van der Waals surface area contributed by atoms with Crippen LogP contribution in [0.2, 0.25) is 0 Å². The van der Waals surface area contributed by atoms with Crippen LogP contribution in [-0.4, -0.2) is 41.7 Å². The molecule has 0 aromatic heterocycles. The third-order valence-corrected chi connectivity index (χ3v) is 5.05. The Kier molecular flexibility index (Phi) is 3.89. The second kappa shape index (κ2) is 5.68. The molecule has 114 valence electrons. The van der Waals surface area contributed by atoms with Crippen LogP contribution in [0.15, 0.2) is 24.3 Å². The number of benzene rings is 1. The lowest BCUT2D eigenvalue weighted by Gasteiger charge is -2.47. The molecule has 1 heterocycles. The minimum Gasteiger partial charge on any atom is -0.496 e. The SMILES string of the molecule is COc1ccccc1C(=O)N1CC[C@@]2(O)CCCC[C@H]2C1. The zero-order chi connectivity index (χ0) is 14.9. The number of carbonyl (C=O) groups is 1. The van der Waals surface area contributed by atoms with Crippen LogP contribution < -0.4 is 4.74 Å². The lowest BCUT2D eigenvalue weighted by molar-refractivity contribution is -0.0886. The molecule has 1 amide bonds. The highest BCUT2D eigenvalue weighted by Crippen LogP contribution is 2.40. The molecule has 0 bridgehead atoms. The fraction of sp³-hybridized carbons (Fsp3) is 0.588. The van der Waals surface area contributed by atoms with Gasteiger partial charge >= 0.3 is 0 Å². The highest BCUT2D eigenvalue weighted by atomic mass is 16.5. The predicted molar refractivity (Wildman–Crippen MR) is 80.4 cm³/mol. The maximum Gasteiger partial charge on any atom is 0.257 e. The molecule has 4 nitrogen and oxygen atoms in total. The van der Waals surface area contributed by atoms with Crippen molar-refractivity contribution in [3.05, 3.63) is 29.8 Å². The van der Waals surface area contributed by atoms with Crippen LogP contribution in [0, 0.1) is 5.92 Å². The van der Waals surface area contributed by atoms with Crippen molar-refractivity contribution in [3.8, 4) is 5.75 Å². The van der Waals surface area contributed by atoms with Crippen molar-refractivity contribution >= 4 is 5.91 Å². The maximum absolute atomic E-state index is 12.7. The fourth-order valence-corrected chi connectivity index (χ4v) is 3.75. The third kappa shape index (κ3) is 2.64. The van der Waals surface area contributed by atoms with Crippen molar-refractivity contribution in [1.29, 1.82) is 0 Å². The van der Waals surface area contributed by atoms with E-state index in [4.69, 9.17) is 4.74 Å². The van der Waals surface area contributed by atoms with Gasteiger partial charge in [-0.3, -0.25) is 4.79 Å². The normalized spacial score (nSPS) is 28.9. The molecule has 2 aliphatic rings. The summed E-state index contributed by atoms with van der Waals surface area (Å²) in [5.41, 5.74) is 0.0664. The van der Waals surface area contributed by atoms with Crippen molar-refractivity contribution in [2.24, 2.45) is 5.92 Å². The number of carbonyl (C=O) groups excluding carboxylic acids is 1. The van der Waals surface area contributed by atoms with E-state index in [0.29, 0.717) is 30.8 Å². The first-order chi connectivity index (χ1) is 10.1. The molecule has 1 aliphatic heterocycles. The summed E-state index contributed by atoms with van der Waals surface area (Å²) in [7, 11) is 1.59. The number of piperidine rings is 1. The van der Waals surface area contributed by atoms with Crippen LogP contribution in [0.3, 0.4) is 0 Å². The van der Waals surface area contributed by atoms with E-state index in [-0.39, 0.29) is 11.8 Å². The van der Waals surface area contributed by atoms with Gasteiger partial charge in [0.1, 0.15) is 5.75 Å². The van der Waals surface area contributed by atoms with Crippen molar-refractivity contribution in [1.82, 2.24) is 4.90 Å². The lowest BCUT2D eigenvalue weighted by atomic mass is 9.71. The van der Waals surface area contributed by atoms with Gasteiger partial charge in [-0.05, 0) is 31.4 Å². The molecule has 2 atom stereocenters. The number of amides is 1. The average Bonchev–Trinajstić information content (AvgIpc) is 2.53. The molecule has 1 aromatic carbocycles. The summed E-state index contributed by atoms with van der Waals surface area (Å²) in [6.45, 7) is 1.29. The molecule has 1 aromatic rings. The molecule has 21 heavy (non-hydrogen) atoms. The molecule has 0 spiro atoms. The second-order valence-corrected chi connectivity index (χ2v) is 6.25. The van der Waals surface area contributed by atoms with Crippen molar-refractivity contribution in [2.75, 3.05) is 20.2 Å². The first-order valence-corrected chi connectivity index (χ1v) is 7.79. The monoisotopic (exact) mass is 289 g/mol. The van der Waals surface area contributed by atoms with Crippen LogP contribution in [0.1, 0.15) is 42.5 Å². The van der Waals surface area contributed by atoms with E-state index in [2.05, 4.69) is 0 Å². The van der Waals surface area contributed by atoms with Crippen LogP contribution in [0.25, 0.3) is 0 Å². The molecule has 1 saturated carbocycles. The number of fused-ring (bicyclic) bond motifs is 1. The average molecular weight is 289 g/mol. The van der Waals surface area contributed by atoms with Gasteiger partial charge in [-0.25, -0.2) is 0 Å². The van der Waals surface area contributed by atoms with Gasteiger partial charge in [0.25, 0.3) is 5.91 Å². The molecular formula is C17H23NO3. The first-order valence-electron chi connectivity index (χ1n) is 7.79. The molecule has 0 unspecified atom stereocenters. The molecule has 0 radical (unpaired) electrons. The predicted octanol–water partition coefficient (Wildman–Crippen LogP) is 2.46. The van der Waals surface area contributed by atoms with E-state index in [1.807, 2.05) is 29.2 Å². The van der Waals surface area contributed by atoms with Crippen molar-refractivity contribution in [3.63, 3.8) is 0 Å². The highest BCUT2D eigenvalue weighted by molar-refractivity contribution is 5.97. The number of nitrogens with zero attached hydrogens (tertiary/aromatic N) is 1. The number of likely N-dealkylation sites (tertiary alicyclic amines) is 1. The summed E-state index contributed by atoms with van der Waals surface area (Å²) in [4.78, 5) is 14.6. The Morgan fingerprint density at radius 1 is 1.33 bits per heavy atom. The smallest absolute Gasteiger partial charge is 0.257 e. The summed E-state index contributed by atoms with van der Waals surface area (Å²) in [5.74, 6) is 0.853. The van der Waals surface area contributed by atoms with Crippen molar-refractivity contribution < 1.29 is 14.6 Å². The van der Waals surface area contributed by atoms with E-state index < -0.39 is 5.60 Å². The Labute approximate surface area is 125 Å². The largest absolute Gasteiger partial charge is 0.496 e. The molecule has 3 rings (SSSR count). The Morgan fingerprint density at radius 2 is 2.14 bits per heavy atom.